The second-order valence-electron chi connectivity index (χ2n) is 6.09. The van der Waals surface area contributed by atoms with Gasteiger partial charge >= 0.3 is 13.6 Å². The van der Waals surface area contributed by atoms with Crippen LogP contribution in [0.15, 0.2) is 42.5 Å². The number of esters is 1. The number of hydrogen-bond acceptors (Lipinski definition) is 9. The first kappa shape index (κ1) is 23.2. The van der Waals surface area contributed by atoms with Crippen LogP contribution in [0.2, 0.25) is 0 Å². The zero-order valence-corrected chi connectivity index (χ0v) is 17.3. The average Bonchev–Trinajstić information content (AvgIpc) is 2.74. The van der Waals surface area contributed by atoms with E-state index in [-0.39, 0.29) is 5.56 Å². The minimum atomic E-state index is -4.27. The van der Waals surface area contributed by atoms with Crippen LogP contribution >= 0.6 is 7.60 Å². The largest absolute Gasteiger partial charge is 0.508 e. The maximum absolute atomic E-state index is 13.3. The Bertz CT molecular complexity index is 933. The van der Waals surface area contributed by atoms with E-state index >= 15 is 0 Å². The van der Waals surface area contributed by atoms with Crippen molar-refractivity contribution in [1.29, 1.82) is 0 Å². The summed E-state index contributed by atoms with van der Waals surface area (Å²) in [6.45, 7) is 0. The summed E-state index contributed by atoms with van der Waals surface area (Å²) < 4.78 is 28.1. The van der Waals surface area contributed by atoms with E-state index in [1.165, 1.54) is 12.1 Å². The quantitative estimate of drug-likeness (QED) is 0.359. The first-order valence-electron chi connectivity index (χ1n) is 8.58. The van der Waals surface area contributed by atoms with E-state index in [0.717, 1.165) is 33.5 Å². The summed E-state index contributed by atoms with van der Waals surface area (Å²) in [4.78, 5) is 25.3. The molecular weight excluding hydrogens is 417 g/mol. The molecule has 10 nitrogen and oxygen atoms in total. The molecule has 2 atom stereocenters. The van der Waals surface area contributed by atoms with E-state index in [2.05, 4.69) is 5.32 Å². The van der Waals surface area contributed by atoms with E-state index in [0.29, 0.717) is 0 Å². The highest BCUT2D eigenvalue weighted by Gasteiger charge is 2.48. The lowest BCUT2D eigenvalue weighted by atomic mass is 10.0. The lowest BCUT2D eigenvalue weighted by Crippen LogP contribution is -2.45. The summed E-state index contributed by atoms with van der Waals surface area (Å²) in [6, 6.07) is 7.90. The molecule has 162 valence electrons. The van der Waals surface area contributed by atoms with Gasteiger partial charge in [0.25, 0.3) is 5.91 Å². The molecule has 0 aliphatic heterocycles. The molecule has 0 aliphatic carbocycles. The monoisotopic (exact) mass is 439 g/mol. The normalized spacial score (nSPS) is 13.3. The maximum atomic E-state index is 13.3. The highest BCUT2D eigenvalue weighted by atomic mass is 31.2. The Balaban J connectivity index is 2.67. The fourth-order valence-electron chi connectivity index (χ4n) is 2.93. The summed E-state index contributed by atoms with van der Waals surface area (Å²) in [7, 11) is -1.14. The van der Waals surface area contributed by atoms with Gasteiger partial charge in [0.1, 0.15) is 28.9 Å². The number of carbonyl (C=O) groups excluding carboxylic acids is 2. The molecule has 2 aromatic carbocycles. The van der Waals surface area contributed by atoms with Gasteiger partial charge in [-0.05, 0) is 12.1 Å². The minimum absolute atomic E-state index is 0.189. The molecule has 0 unspecified atom stereocenters. The van der Waals surface area contributed by atoms with Gasteiger partial charge in [-0.25, -0.2) is 4.79 Å². The van der Waals surface area contributed by atoms with Crippen molar-refractivity contribution in [2.75, 3.05) is 21.3 Å². The van der Waals surface area contributed by atoms with Crippen LogP contribution in [0.1, 0.15) is 21.6 Å². The predicted octanol–water partition coefficient (Wildman–Crippen LogP) is 2.30. The molecule has 30 heavy (non-hydrogen) atoms. The highest BCUT2D eigenvalue weighted by molar-refractivity contribution is 7.54. The standard InChI is InChI=1S/C19H22NO9P/c1-27-19(25)16(20-18(24)11-7-5-4-6-8-11)17(30(26,28-2)29-3)15-13(22)9-12(21)10-14(15)23/h4-10,16-17,21-23H,1-3H3,(H,20,24)/t16-,17-/m0/s1. The SMILES string of the molecule is COC(=O)[C@@H](NC(=O)c1ccccc1)[C@H](c1c(O)cc(O)cc1O)P(=O)(OC)OC. The molecule has 0 saturated heterocycles. The fraction of sp³-hybridized carbons (Fsp3) is 0.263. The van der Waals surface area contributed by atoms with Gasteiger partial charge in [-0.15, -0.1) is 0 Å². The summed E-state index contributed by atoms with van der Waals surface area (Å²) in [6.07, 6.45) is 0. The summed E-state index contributed by atoms with van der Waals surface area (Å²) in [5.41, 5.74) is -1.97. The molecule has 0 radical (unpaired) electrons. The van der Waals surface area contributed by atoms with E-state index in [1.54, 1.807) is 18.2 Å². The Labute approximate surface area is 172 Å². The van der Waals surface area contributed by atoms with Crippen LogP contribution in [0, 0.1) is 0 Å². The van der Waals surface area contributed by atoms with E-state index in [4.69, 9.17) is 13.8 Å². The number of amides is 1. The first-order chi connectivity index (χ1) is 14.2. The number of methoxy groups -OCH3 is 1. The van der Waals surface area contributed by atoms with Crippen molar-refractivity contribution in [1.82, 2.24) is 5.32 Å². The number of phenolic OH excluding ortho intramolecular Hbond substituents is 3. The maximum Gasteiger partial charge on any atom is 0.340 e. The van der Waals surface area contributed by atoms with Gasteiger partial charge in [0.2, 0.25) is 0 Å². The Morgan fingerprint density at radius 1 is 0.967 bits per heavy atom. The molecular formula is C19H22NO9P. The van der Waals surface area contributed by atoms with Crippen LogP contribution in [-0.2, 0) is 23.1 Å². The third kappa shape index (κ3) is 4.73. The number of ether oxygens (including phenoxy) is 1. The second kappa shape index (κ2) is 9.62. The van der Waals surface area contributed by atoms with Crippen molar-refractivity contribution in [2.45, 2.75) is 11.7 Å². The summed E-state index contributed by atoms with van der Waals surface area (Å²) >= 11 is 0. The topological polar surface area (TPSA) is 152 Å². The van der Waals surface area contributed by atoms with Gasteiger partial charge in [-0.1, -0.05) is 18.2 Å². The molecule has 4 N–H and O–H groups in total. The molecule has 0 spiro atoms. The van der Waals surface area contributed by atoms with Crippen LogP contribution in [0.25, 0.3) is 0 Å². The third-order valence-corrected chi connectivity index (χ3v) is 6.62. The van der Waals surface area contributed by atoms with Gasteiger partial charge in [0.15, 0.2) is 0 Å². The number of rotatable bonds is 8. The van der Waals surface area contributed by atoms with Crippen LogP contribution in [0.4, 0.5) is 0 Å². The third-order valence-electron chi connectivity index (χ3n) is 4.36. The minimum Gasteiger partial charge on any atom is -0.508 e. The van der Waals surface area contributed by atoms with Crippen LogP contribution < -0.4 is 5.32 Å². The smallest absolute Gasteiger partial charge is 0.340 e. The molecule has 0 aliphatic rings. The van der Waals surface area contributed by atoms with Gasteiger partial charge in [-0.3, -0.25) is 9.36 Å². The van der Waals surface area contributed by atoms with Crippen LogP contribution in [-0.4, -0.2) is 54.6 Å². The molecule has 0 aromatic heterocycles. The van der Waals surface area contributed by atoms with Crippen molar-refractivity contribution in [3.05, 3.63) is 53.6 Å². The zero-order valence-electron chi connectivity index (χ0n) is 16.4. The molecule has 2 aromatic rings. The number of benzene rings is 2. The van der Waals surface area contributed by atoms with Crippen molar-refractivity contribution in [2.24, 2.45) is 0 Å². The Morgan fingerprint density at radius 2 is 1.50 bits per heavy atom. The van der Waals surface area contributed by atoms with Crippen LogP contribution in [0.5, 0.6) is 17.2 Å². The number of nitrogens with one attached hydrogen (secondary N) is 1. The zero-order chi connectivity index (χ0) is 22.5. The van der Waals surface area contributed by atoms with Gasteiger partial charge in [0, 0.05) is 31.9 Å². The van der Waals surface area contributed by atoms with E-state index in [9.17, 15) is 29.5 Å². The Kier molecular flexibility index (Phi) is 7.44. The second-order valence-corrected chi connectivity index (χ2v) is 8.45. The molecule has 11 heteroatoms. The Morgan fingerprint density at radius 3 is 1.97 bits per heavy atom. The number of hydrogen-bond donors (Lipinski definition) is 4. The van der Waals surface area contributed by atoms with Gasteiger partial charge in [0.05, 0.1) is 12.7 Å². The number of aromatic hydroxyl groups is 3. The van der Waals surface area contributed by atoms with Crippen molar-refractivity contribution in [3.63, 3.8) is 0 Å². The highest BCUT2D eigenvalue weighted by Crippen LogP contribution is 2.64. The molecule has 1 amide bonds. The molecule has 0 bridgehead atoms. The average molecular weight is 439 g/mol. The Hall–Kier alpha value is -3.07. The summed E-state index contributed by atoms with van der Waals surface area (Å²) in [5, 5.41) is 32.7. The lowest BCUT2D eigenvalue weighted by molar-refractivity contribution is -0.143. The predicted molar refractivity (Wildman–Crippen MR) is 106 cm³/mol. The van der Waals surface area contributed by atoms with Crippen molar-refractivity contribution < 1.29 is 43.3 Å². The molecule has 0 fully saturated rings. The molecule has 2 rings (SSSR count). The first-order valence-corrected chi connectivity index (χ1v) is 10.2. The van der Waals surface area contributed by atoms with E-state index in [1.807, 2.05) is 0 Å². The van der Waals surface area contributed by atoms with E-state index < -0.39 is 54.0 Å². The van der Waals surface area contributed by atoms with Gasteiger partial charge in [-0.2, -0.15) is 0 Å². The lowest BCUT2D eigenvalue weighted by Gasteiger charge is -2.31. The number of carbonyl (C=O) groups is 2. The number of phenols is 3. The molecule has 0 saturated carbocycles. The van der Waals surface area contributed by atoms with Crippen LogP contribution in [0.3, 0.4) is 0 Å². The summed E-state index contributed by atoms with van der Waals surface area (Å²) in [5.74, 6) is -3.64. The molecule has 0 heterocycles. The van der Waals surface area contributed by atoms with Crippen molar-refractivity contribution in [3.8, 4) is 17.2 Å². The fourth-order valence-corrected chi connectivity index (χ4v) is 4.67. The van der Waals surface area contributed by atoms with Crippen molar-refractivity contribution >= 4 is 19.5 Å². The van der Waals surface area contributed by atoms with Gasteiger partial charge < -0.3 is 34.4 Å².